The average Bonchev–Trinajstić information content (AvgIpc) is 1.58. The van der Waals surface area contributed by atoms with Gasteiger partial charge < -0.3 is 0 Å². The first kappa shape index (κ1) is 11.2. The van der Waals surface area contributed by atoms with Crippen molar-refractivity contribution >= 4 is 16.9 Å². The molecule has 0 fully saturated rings. The van der Waals surface area contributed by atoms with Gasteiger partial charge in [-0.15, -0.1) is 0 Å². The first-order valence-electron chi connectivity index (χ1n) is 2.67. The van der Waals surface area contributed by atoms with Gasteiger partial charge in [-0.25, -0.2) is 0 Å². The molecule has 0 aliphatic heterocycles. The van der Waals surface area contributed by atoms with Crippen molar-refractivity contribution in [3.8, 4) is 0 Å². The molecule has 0 saturated heterocycles. The van der Waals surface area contributed by atoms with E-state index in [1.807, 2.05) is 0 Å². The number of rotatable bonds is 2. The molecule has 0 aromatic rings. The molecule has 0 atom stereocenters. The van der Waals surface area contributed by atoms with Crippen molar-refractivity contribution in [3.05, 3.63) is 0 Å². The summed E-state index contributed by atoms with van der Waals surface area (Å²) in [4.78, 5) is 0. The maximum absolute atomic E-state index is 12.4. The molecule has 0 spiro atoms. The van der Waals surface area contributed by atoms with Crippen LogP contribution in [0.15, 0.2) is 0 Å². The fourth-order valence-corrected chi connectivity index (χ4v) is 0.915. The number of alkyl halides is 5. The van der Waals surface area contributed by atoms with Crippen molar-refractivity contribution in [3.63, 3.8) is 0 Å². The quantitative estimate of drug-likeness (QED) is 0.509. The number of hydrogen-bond donors (Lipinski definition) is 0. The van der Waals surface area contributed by atoms with Crippen LogP contribution in [0.5, 0.6) is 0 Å². The summed E-state index contributed by atoms with van der Waals surface area (Å²) in [5, 5.41) is 0. The molecule has 11 heavy (non-hydrogen) atoms. The van der Waals surface area contributed by atoms with Gasteiger partial charge in [0, 0.05) is 0 Å². The first-order valence-corrected chi connectivity index (χ1v) is 3.61. The van der Waals surface area contributed by atoms with Gasteiger partial charge in [0.15, 0.2) is 0 Å². The summed E-state index contributed by atoms with van der Waals surface area (Å²) in [7, 11) is 0. The van der Waals surface area contributed by atoms with Crippen molar-refractivity contribution in [2.75, 3.05) is 0 Å². The number of halogens is 5. The van der Waals surface area contributed by atoms with Crippen LogP contribution in [0, 0.1) is 0 Å². The molecule has 6 heteroatoms. The summed E-state index contributed by atoms with van der Waals surface area (Å²) in [6.45, 7) is 0.822. The van der Waals surface area contributed by atoms with E-state index in [4.69, 9.17) is 0 Å². The molecule has 0 aromatic heterocycles. The molecule has 0 rings (SSSR count). The summed E-state index contributed by atoms with van der Waals surface area (Å²) < 4.78 is 56.6. The summed E-state index contributed by atoms with van der Waals surface area (Å²) in [6.07, 6.45) is 0. The normalized spacial score (nSPS) is 15.3. The van der Waals surface area contributed by atoms with Gasteiger partial charge in [-0.3, -0.25) is 0 Å². The van der Waals surface area contributed by atoms with Crippen LogP contribution >= 0.6 is 0 Å². The molecule has 0 aromatic carbocycles. The summed E-state index contributed by atoms with van der Waals surface area (Å²) >= 11 is 0.467. The van der Waals surface area contributed by atoms with Gasteiger partial charge in [-0.2, -0.15) is 0 Å². The molecule has 0 aliphatic rings. The zero-order valence-electron chi connectivity index (χ0n) is 5.84. The Labute approximate surface area is 69.6 Å². The molecule has 3 radical (unpaired) electrons. The predicted molar refractivity (Wildman–Crippen MR) is 30.8 cm³/mol. The Hall–Kier alpha value is 0.208. The fourth-order valence-electron chi connectivity index (χ4n) is 0.358. The van der Waals surface area contributed by atoms with Crippen LogP contribution in [0.1, 0.15) is 13.8 Å². The van der Waals surface area contributed by atoms with Crippen LogP contribution in [0.3, 0.4) is 0 Å². The van der Waals surface area contributed by atoms with Gasteiger partial charge in [-0.1, -0.05) is 0 Å². The standard InChI is InChI=1S/C5H6AsF5/c1-3(2,7)4(8,9)5(6,10)11/h1-2H3/q+1. The molecule has 0 bridgehead atoms. The molecule has 0 unspecified atom stereocenters. The Morgan fingerprint density at radius 3 is 1.18 bits per heavy atom. The van der Waals surface area contributed by atoms with Crippen LogP contribution in [0.4, 0.5) is 22.0 Å². The van der Waals surface area contributed by atoms with E-state index in [-0.39, 0.29) is 0 Å². The summed E-state index contributed by atoms with van der Waals surface area (Å²) in [5.41, 5.74) is -3.22. The Bertz CT molecular complexity index is 126. The molecular formula is C5H6AsF5+. The van der Waals surface area contributed by atoms with Crippen molar-refractivity contribution in [2.45, 2.75) is 30.1 Å². The topological polar surface area (TPSA) is 0 Å². The van der Waals surface area contributed by atoms with Crippen molar-refractivity contribution in [1.82, 2.24) is 0 Å². The minimum absolute atomic E-state index is 0.411. The molecular weight excluding hydrogens is 230 g/mol. The van der Waals surface area contributed by atoms with E-state index in [1.54, 1.807) is 0 Å². The van der Waals surface area contributed by atoms with Gasteiger partial charge in [0.25, 0.3) is 0 Å². The van der Waals surface area contributed by atoms with E-state index in [2.05, 4.69) is 0 Å². The summed E-state index contributed by atoms with van der Waals surface area (Å²) in [5.74, 6) is -4.65. The molecule has 0 aliphatic carbocycles. The molecule has 0 heterocycles. The van der Waals surface area contributed by atoms with Gasteiger partial charge in [0.2, 0.25) is 0 Å². The molecule has 0 saturated carbocycles. The van der Waals surface area contributed by atoms with Crippen LogP contribution in [0.2, 0.25) is 0 Å². The molecule has 65 valence electrons. The Kier molecular flexibility index (Phi) is 2.66. The monoisotopic (exact) mass is 236 g/mol. The maximum atomic E-state index is 12.4. The fraction of sp³-hybridized carbons (Fsp3) is 1.00. The SMILES string of the molecule is CC(C)(F)C(F)(F)C(F)(F)[As+]. The van der Waals surface area contributed by atoms with Crippen LogP contribution in [0.25, 0.3) is 0 Å². The zero-order chi connectivity index (χ0) is 9.50. The molecule has 0 nitrogen and oxygen atoms in total. The number of hydrogen-bond acceptors (Lipinski definition) is 0. The second-order valence-electron chi connectivity index (χ2n) is 2.59. The van der Waals surface area contributed by atoms with E-state index in [9.17, 15) is 22.0 Å². The first-order chi connectivity index (χ1) is 4.50. The van der Waals surface area contributed by atoms with E-state index >= 15 is 0 Å². The second-order valence-corrected chi connectivity index (χ2v) is 3.77. The van der Waals surface area contributed by atoms with E-state index in [1.165, 1.54) is 0 Å². The van der Waals surface area contributed by atoms with E-state index in [0.29, 0.717) is 30.7 Å². The van der Waals surface area contributed by atoms with Gasteiger partial charge in [0.1, 0.15) is 0 Å². The van der Waals surface area contributed by atoms with Crippen LogP contribution in [-0.4, -0.2) is 33.2 Å². The van der Waals surface area contributed by atoms with Crippen molar-refractivity contribution in [2.24, 2.45) is 0 Å². The Morgan fingerprint density at radius 2 is 1.18 bits per heavy atom. The average molecular weight is 236 g/mol. The minimum atomic E-state index is -4.65. The van der Waals surface area contributed by atoms with Crippen LogP contribution in [-0.2, 0) is 0 Å². The van der Waals surface area contributed by atoms with Gasteiger partial charge >= 0.3 is 69.0 Å². The van der Waals surface area contributed by atoms with E-state index < -0.39 is 16.3 Å². The third kappa shape index (κ3) is 2.07. The predicted octanol–water partition coefficient (Wildman–Crippen LogP) is 2.13. The Balaban J connectivity index is 4.75. The Morgan fingerprint density at radius 1 is 0.909 bits per heavy atom. The zero-order valence-corrected chi connectivity index (χ0v) is 7.71. The van der Waals surface area contributed by atoms with Crippen molar-refractivity contribution in [1.29, 1.82) is 0 Å². The van der Waals surface area contributed by atoms with Gasteiger partial charge in [-0.05, 0) is 0 Å². The third-order valence-electron chi connectivity index (χ3n) is 1.12. The summed E-state index contributed by atoms with van der Waals surface area (Å²) in [6, 6.07) is 0. The molecule has 0 amide bonds. The van der Waals surface area contributed by atoms with Crippen LogP contribution < -0.4 is 0 Å². The van der Waals surface area contributed by atoms with Gasteiger partial charge in [0.05, 0.1) is 0 Å². The molecule has 0 N–H and O–H groups in total. The van der Waals surface area contributed by atoms with Crippen molar-refractivity contribution < 1.29 is 22.0 Å². The van der Waals surface area contributed by atoms with E-state index in [0.717, 1.165) is 0 Å². The third-order valence-corrected chi connectivity index (χ3v) is 1.71. The second kappa shape index (κ2) is 2.61.